The van der Waals surface area contributed by atoms with Gasteiger partial charge in [0, 0.05) is 5.56 Å². The number of fused-ring (bicyclic) bond motifs is 1. The zero-order chi connectivity index (χ0) is 28.7. The van der Waals surface area contributed by atoms with Gasteiger partial charge in [-0.15, -0.1) is 0 Å². The normalized spacial score (nSPS) is 13.6. The van der Waals surface area contributed by atoms with Gasteiger partial charge in [-0.25, -0.2) is 21.1 Å². The highest BCUT2D eigenvalue weighted by atomic mass is 32.2. The zero-order valence-electron chi connectivity index (χ0n) is 22.9. The number of benzene rings is 4. The molecule has 0 atom stereocenters. The molecule has 4 aromatic rings. The predicted octanol–water partition coefficient (Wildman–Crippen LogP) is 6.87. The molecule has 0 N–H and O–H groups in total. The van der Waals surface area contributed by atoms with Crippen molar-refractivity contribution < 1.29 is 16.8 Å². The molecule has 0 saturated carbocycles. The quantitative estimate of drug-likeness (QED) is 0.242. The SMILES string of the molecule is Cc1ccc(S(=O)(=O)N2CC=C(N(c3ccccc3)S(=O)(=O)c3ccc(C)cc3)c3cccc(C(C)C)c32)cc1. The molecule has 5 rings (SSSR count). The summed E-state index contributed by atoms with van der Waals surface area (Å²) in [6.07, 6.45) is 1.69. The summed E-state index contributed by atoms with van der Waals surface area (Å²) < 4.78 is 59.2. The van der Waals surface area contributed by atoms with Crippen molar-refractivity contribution in [3.8, 4) is 0 Å². The molecule has 1 aliphatic rings. The Morgan fingerprint density at radius 3 is 1.85 bits per heavy atom. The number of anilines is 2. The Labute approximate surface area is 237 Å². The van der Waals surface area contributed by atoms with Gasteiger partial charge in [-0.2, -0.15) is 0 Å². The number of aryl methyl sites for hydroxylation is 2. The second kappa shape index (κ2) is 10.6. The van der Waals surface area contributed by atoms with E-state index in [2.05, 4.69) is 0 Å². The molecule has 1 aliphatic heterocycles. The third-order valence-corrected chi connectivity index (χ3v) is 10.6. The number of nitrogens with zero attached hydrogens (tertiary/aromatic N) is 2. The third-order valence-electron chi connectivity index (χ3n) is 7.04. The molecule has 6 nitrogen and oxygen atoms in total. The molecule has 1 heterocycles. The molecule has 0 bridgehead atoms. The van der Waals surface area contributed by atoms with Crippen molar-refractivity contribution in [2.45, 2.75) is 43.4 Å². The van der Waals surface area contributed by atoms with Crippen molar-refractivity contribution in [2.75, 3.05) is 15.2 Å². The van der Waals surface area contributed by atoms with Gasteiger partial charge in [0.05, 0.1) is 33.4 Å². The topological polar surface area (TPSA) is 74.8 Å². The van der Waals surface area contributed by atoms with E-state index >= 15 is 0 Å². The minimum absolute atomic E-state index is 0.0103. The van der Waals surface area contributed by atoms with Crippen LogP contribution in [0.15, 0.2) is 113 Å². The Morgan fingerprint density at radius 1 is 0.700 bits per heavy atom. The first-order valence-corrected chi connectivity index (χ1v) is 16.0. The van der Waals surface area contributed by atoms with Crippen LogP contribution in [0.2, 0.25) is 0 Å². The van der Waals surface area contributed by atoms with Crippen LogP contribution in [0.3, 0.4) is 0 Å². The Hall–Kier alpha value is -3.88. The van der Waals surface area contributed by atoms with Crippen LogP contribution in [0.25, 0.3) is 5.70 Å². The Balaban J connectivity index is 1.74. The molecule has 40 heavy (non-hydrogen) atoms. The van der Waals surface area contributed by atoms with Crippen LogP contribution in [0.5, 0.6) is 0 Å². The molecule has 0 unspecified atom stereocenters. The van der Waals surface area contributed by atoms with Crippen LogP contribution in [0, 0.1) is 13.8 Å². The molecule has 8 heteroatoms. The molecule has 0 aliphatic carbocycles. The fraction of sp³-hybridized carbons (Fsp3) is 0.188. The van der Waals surface area contributed by atoms with Crippen molar-refractivity contribution >= 4 is 37.1 Å². The Kier molecular flexibility index (Phi) is 7.33. The molecular formula is C32H32N2O4S2. The second-order valence-electron chi connectivity index (χ2n) is 10.3. The average molecular weight is 573 g/mol. The van der Waals surface area contributed by atoms with Crippen LogP contribution < -0.4 is 8.61 Å². The lowest BCUT2D eigenvalue weighted by Gasteiger charge is -2.36. The van der Waals surface area contributed by atoms with Gasteiger partial charge in [-0.05, 0) is 67.8 Å². The van der Waals surface area contributed by atoms with E-state index in [1.54, 1.807) is 84.9 Å². The molecule has 0 radical (unpaired) electrons. The first-order valence-electron chi connectivity index (χ1n) is 13.1. The standard InChI is InChI=1S/C32H32N2O4S2/c1-23(2)29-11-8-12-30-31(21-22-33(32(29)30)39(35,36)27-17-13-24(3)14-18-27)34(26-9-6-5-7-10-26)40(37,38)28-19-15-25(4)16-20-28/h5-21,23H,22H2,1-4H3. The Morgan fingerprint density at radius 2 is 1.27 bits per heavy atom. The van der Waals surface area contributed by atoms with Crippen molar-refractivity contribution in [1.29, 1.82) is 0 Å². The van der Waals surface area contributed by atoms with E-state index in [0.717, 1.165) is 16.7 Å². The highest BCUT2D eigenvalue weighted by Crippen LogP contribution is 2.44. The summed E-state index contributed by atoms with van der Waals surface area (Å²) in [4.78, 5) is 0.339. The van der Waals surface area contributed by atoms with E-state index in [1.807, 2.05) is 45.9 Å². The molecule has 0 saturated heterocycles. The number of para-hydroxylation sites is 2. The van der Waals surface area contributed by atoms with E-state index < -0.39 is 20.0 Å². The summed E-state index contributed by atoms with van der Waals surface area (Å²) >= 11 is 0. The minimum Gasteiger partial charge on any atom is -0.261 e. The number of hydrogen-bond acceptors (Lipinski definition) is 4. The lowest BCUT2D eigenvalue weighted by molar-refractivity contribution is 0.592. The van der Waals surface area contributed by atoms with Crippen molar-refractivity contribution in [2.24, 2.45) is 0 Å². The maximum atomic E-state index is 14.3. The van der Waals surface area contributed by atoms with E-state index in [1.165, 1.54) is 8.61 Å². The summed E-state index contributed by atoms with van der Waals surface area (Å²) in [5.41, 5.74) is 4.64. The van der Waals surface area contributed by atoms with Gasteiger partial charge in [0.2, 0.25) is 0 Å². The fourth-order valence-electron chi connectivity index (χ4n) is 4.92. The maximum Gasteiger partial charge on any atom is 0.268 e. The molecule has 0 spiro atoms. The molecule has 0 aromatic heterocycles. The molecular weight excluding hydrogens is 540 g/mol. The summed E-state index contributed by atoms with van der Waals surface area (Å²) in [6, 6.07) is 28.0. The van der Waals surface area contributed by atoms with Gasteiger partial charge in [0.1, 0.15) is 0 Å². The summed E-state index contributed by atoms with van der Waals surface area (Å²) in [7, 11) is -7.99. The molecule has 206 valence electrons. The summed E-state index contributed by atoms with van der Waals surface area (Å²) in [5.74, 6) is -0.0103. The van der Waals surface area contributed by atoms with Gasteiger partial charge in [-0.1, -0.05) is 85.6 Å². The fourth-order valence-corrected chi connectivity index (χ4v) is 7.89. The van der Waals surface area contributed by atoms with E-state index in [4.69, 9.17) is 0 Å². The van der Waals surface area contributed by atoms with Crippen molar-refractivity contribution in [1.82, 2.24) is 0 Å². The number of rotatable bonds is 7. The monoisotopic (exact) mass is 572 g/mol. The first kappa shape index (κ1) is 27.7. The van der Waals surface area contributed by atoms with Crippen LogP contribution in [-0.2, 0) is 20.0 Å². The van der Waals surface area contributed by atoms with Crippen LogP contribution in [0.4, 0.5) is 11.4 Å². The smallest absolute Gasteiger partial charge is 0.261 e. The lowest BCUT2D eigenvalue weighted by atomic mass is 9.94. The largest absolute Gasteiger partial charge is 0.268 e. The number of hydrogen-bond donors (Lipinski definition) is 0. The van der Waals surface area contributed by atoms with Gasteiger partial charge >= 0.3 is 0 Å². The second-order valence-corrected chi connectivity index (χ2v) is 13.9. The van der Waals surface area contributed by atoms with Crippen LogP contribution in [0.1, 0.15) is 42.0 Å². The first-order chi connectivity index (χ1) is 19.0. The molecule has 4 aromatic carbocycles. The minimum atomic E-state index is -4.06. The summed E-state index contributed by atoms with van der Waals surface area (Å²) in [6.45, 7) is 7.80. The van der Waals surface area contributed by atoms with Crippen LogP contribution in [-0.4, -0.2) is 23.4 Å². The zero-order valence-corrected chi connectivity index (χ0v) is 24.6. The van der Waals surface area contributed by atoms with Gasteiger partial charge in [-0.3, -0.25) is 4.31 Å². The average Bonchev–Trinajstić information content (AvgIpc) is 2.93. The summed E-state index contributed by atoms with van der Waals surface area (Å²) in [5, 5.41) is 0. The highest BCUT2D eigenvalue weighted by Gasteiger charge is 2.37. The van der Waals surface area contributed by atoms with Crippen molar-refractivity contribution in [3.05, 3.63) is 125 Å². The maximum absolute atomic E-state index is 14.3. The van der Waals surface area contributed by atoms with E-state index in [0.29, 0.717) is 22.6 Å². The van der Waals surface area contributed by atoms with Gasteiger partial charge in [0.25, 0.3) is 20.0 Å². The van der Waals surface area contributed by atoms with Crippen LogP contribution >= 0.6 is 0 Å². The highest BCUT2D eigenvalue weighted by molar-refractivity contribution is 7.93. The lowest BCUT2D eigenvalue weighted by Crippen LogP contribution is -2.38. The van der Waals surface area contributed by atoms with Gasteiger partial charge in [0.15, 0.2) is 0 Å². The number of sulfonamides is 2. The third kappa shape index (κ3) is 4.93. The molecule has 0 fully saturated rings. The van der Waals surface area contributed by atoms with Gasteiger partial charge < -0.3 is 0 Å². The van der Waals surface area contributed by atoms with E-state index in [-0.39, 0.29) is 22.3 Å². The molecule has 0 amide bonds. The predicted molar refractivity (Wildman–Crippen MR) is 162 cm³/mol. The van der Waals surface area contributed by atoms with E-state index in [9.17, 15) is 16.8 Å². The van der Waals surface area contributed by atoms with Crippen molar-refractivity contribution in [3.63, 3.8) is 0 Å². The Bertz CT molecular complexity index is 1780.